The number of amides is 1. The molecule has 0 aliphatic heterocycles. The Morgan fingerprint density at radius 1 is 0.946 bits per heavy atom. The van der Waals surface area contributed by atoms with Gasteiger partial charge in [-0.05, 0) is 55.0 Å². The maximum absolute atomic E-state index is 13.0. The van der Waals surface area contributed by atoms with E-state index < -0.39 is 17.6 Å². The zero-order valence-corrected chi connectivity index (χ0v) is 19.7. The van der Waals surface area contributed by atoms with Crippen LogP contribution >= 0.6 is 0 Å². The summed E-state index contributed by atoms with van der Waals surface area (Å²) in [6.07, 6.45) is 5.30. The summed E-state index contributed by atoms with van der Waals surface area (Å²) in [5, 5.41) is 2.63. The molecule has 186 valence electrons. The van der Waals surface area contributed by atoms with Crippen LogP contribution in [0.1, 0.15) is 27.0 Å². The minimum atomic E-state index is -4.54. The smallest absolute Gasteiger partial charge is 0.404 e. The van der Waals surface area contributed by atoms with E-state index in [0.29, 0.717) is 16.9 Å². The summed E-state index contributed by atoms with van der Waals surface area (Å²) in [6.45, 7) is 1.85. The number of aliphatic imine (C=N–C) groups is 1. The number of rotatable bonds is 6. The highest BCUT2D eigenvalue weighted by Gasteiger charge is 2.30. The maximum atomic E-state index is 13.0. The number of hydrogen-bond donors (Lipinski definition) is 2. The van der Waals surface area contributed by atoms with Gasteiger partial charge in [0.15, 0.2) is 0 Å². The van der Waals surface area contributed by atoms with E-state index in [-0.39, 0.29) is 5.56 Å². The first-order valence-electron chi connectivity index (χ1n) is 11.2. The molecule has 0 bridgehead atoms. The number of alkyl halides is 3. The molecule has 0 radical (unpaired) electrons. The number of carbonyl (C=O) groups is 1. The largest absolute Gasteiger partial charge is 0.416 e. The summed E-state index contributed by atoms with van der Waals surface area (Å²) in [7, 11) is 0. The molecule has 0 fully saturated rings. The molecule has 2 aromatic carbocycles. The second-order valence-electron chi connectivity index (χ2n) is 8.12. The third kappa shape index (κ3) is 6.26. The van der Waals surface area contributed by atoms with Crippen molar-refractivity contribution in [1.29, 1.82) is 0 Å². The molecule has 0 unspecified atom stereocenters. The number of nitrogens with two attached hydrogens (primary N) is 1. The molecule has 1 amide bonds. The van der Waals surface area contributed by atoms with E-state index in [1.54, 1.807) is 49.2 Å². The minimum absolute atomic E-state index is 0.102. The predicted molar refractivity (Wildman–Crippen MR) is 138 cm³/mol. The Kier molecular flexibility index (Phi) is 7.43. The SMILES string of the molecule is Cc1ccc(NC(=O)c2cccc(C(F)(F)F)c2)cc1N=CC(=CN)c1cncc(-c2cccnc2)c1. The lowest BCUT2D eigenvalue weighted by molar-refractivity contribution is -0.137. The monoisotopic (exact) mass is 501 g/mol. The Balaban J connectivity index is 1.54. The fourth-order valence-electron chi connectivity index (χ4n) is 3.51. The van der Waals surface area contributed by atoms with Crippen LogP contribution in [0.2, 0.25) is 0 Å². The first kappa shape index (κ1) is 25.3. The summed E-state index contributed by atoms with van der Waals surface area (Å²) < 4.78 is 39.0. The maximum Gasteiger partial charge on any atom is 0.416 e. The number of hydrogen-bond acceptors (Lipinski definition) is 5. The van der Waals surface area contributed by atoms with Crippen molar-refractivity contribution < 1.29 is 18.0 Å². The number of nitrogens with one attached hydrogen (secondary N) is 1. The molecule has 4 aromatic rings. The van der Waals surface area contributed by atoms with E-state index in [2.05, 4.69) is 20.3 Å². The Morgan fingerprint density at radius 3 is 2.49 bits per heavy atom. The normalized spacial score (nSPS) is 12.1. The summed E-state index contributed by atoms with van der Waals surface area (Å²) in [5.41, 5.74) is 9.79. The molecule has 0 atom stereocenters. The van der Waals surface area contributed by atoms with Gasteiger partial charge in [0.25, 0.3) is 5.91 Å². The molecule has 0 aliphatic rings. The van der Waals surface area contributed by atoms with Crippen molar-refractivity contribution in [2.75, 3.05) is 5.32 Å². The van der Waals surface area contributed by atoms with Gasteiger partial charge in [-0.1, -0.05) is 18.2 Å². The van der Waals surface area contributed by atoms with Crippen LogP contribution in [-0.2, 0) is 6.18 Å². The van der Waals surface area contributed by atoms with Gasteiger partial charge in [-0.25, -0.2) is 0 Å². The highest BCUT2D eigenvalue weighted by atomic mass is 19.4. The van der Waals surface area contributed by atoms with Gasteiger partial charge in [-0.15, -0.1) is 0 Å². The lowest BCUT2D eigenvalue weighted by atomic mass is 10.0. The quantitative estimate of drug-likeness (QED) is 0.298. The standard InChI is InChI=1S/C28H22F3N5O/c1-18-7-8-25(36-27(37)19-4-2-6-24(11-19)28(29,30)31)12-26(18)35-17-23(13-32)22-10-21(15-34-16-22)20-5-3-9-33-14-20/h2-17H,32H2,1H3,(H,36,37). The molecule has 0 spiro atoms. The van der Waals surface area contributed by atoms with Crippen LogP contribution < -0.4 is 11.1 Å². The van der Waals surface area contributed by atoms with Crippen molar-refractivity contribution in [2.24, 2.45) is 10.7 Å². The van der Waals surface area contributed by atoms with Crippen LogP contribution in [0, 0.1) is 6.92 Å². The van der Waals surface area contributed by atoms with Crippen LogP contribution in [0.4, 0.5) is 24.5 Å². The zero-order valence-electron chi connectivity index (χ0n) is 19.7. The fourth-order valence-corrected chi connectivity index (χ4v) is 3.51. The summed E-state index contributed by atoms with van der Waals surface area (Å²) in [4.78, 5) is 25.5. The molecule has 0 aliphatic carbocycles. The lowest BCUT2D eigenvalue weighted by Gasteiger charge is -2.10. The molecule has 0 saturated heterocycles. The van der Waals surface area contributed by atoms with E-state index in [0.717, 1.165) is 34.4 Å². The third-order valence-corrected chi connectivity index (χ3v) is 5.51. The van der Waals surface area contributed by atoms with Crippen molar-refractivity contribution in [1.82, 2.24) is 9.97 Å². The summed E-state index contributed by atoms with van der Waals surface area (Å²) >= 11 is 0. The second-order valence-corrected chi connectivity index (χ2v) is 8.12. The fraction of sp³-hybridized carbons (Fsp3) is 0.0714. The van der Waals surface area contributed by atoms with Gasteiger partial charge in [0.2, 0.25) is 0 Å². The number of aryl methyl sites for hydroxylation is 1. The molecule has 0 saturated carbocycles. The number of allylic oxidation sites excluding steroid dienone is 1. The molecule has 37 heavy (non-hydrogen) atoms. The summed E-state index contributed by atoms with van der Waals surface area (Å²) in [6, 6.07) is 15.0. The third-order valence-electron chi connectivity index (χ3n) is 5.51. The topological polar surface area (TPSA) is 93.3 Å². The number of aromatic nitrogens is 2. The minimum Gasteiger partial charge on any atom is -0.404 e. The zero-order chi connectivity index (χ0) is 26.4. The molecule has 9 heteroatoms. The highest BCUT2D eigenvalue weighted by molar-refractivity contribution is 6.11. The molecule has 4 rings (SSSR count). The van der Waals surface area contributed by atoms with Crippen molar-refractivity contribution in [2.45, 2.75) is 13.1 Å². The summed E-state index contributed by atoms with van der Waals surface area (Å²) in [5.74, 6) is -0.661. The van der Waals surface area contributed by atoms with Crippen molar-refractivity contribution in [3.8, 4) is 11.1 Å². The van der Waals surface area contributed by atoms with Gasteiger partial charge in [0.05, 0.1) is 11.3 Å². The van der Waals surface area contributed by atoms with E-state index in [1.807, 2.05) is 25.1 Å². The number of halogens is 3. The van der Waals surface area contributed by atoms with Gasteiger partial charge < -0.3 is 11.1 Å². The van der Waals surface area contributed by atoms with E-state index >= 15 is 0 Å². The van der Waals surface area contributed by atoms with Crippen LogP contribution in [-0.4, -0.2) is 22.1 Å². The van der Waals surface area contributed by atoms with E-state index in [1.165, 1.54) is 18.3 Å². The molecule has 2 heterocycles. The molecule has 6 nitrogen and oxygen atoms in total. The highest BCUT2D eigenvalue weighted by Crippen LogP contribution is 2.30. The van der Waals surface area contributed by atoms with Crippen molar-refractivity contribution >= 4 is 29.1 Å². The van der Waals surface area contributed by atoms with Crippen LogP contribution in [0.15, 0.2) is 96.6 Å². The van der Waals surface area contributed by atoms with Crippen LogP contribution in [0.25, 0.3) is 16.7 Å². The average molecular weight is 502 g/mol. The van der Waals surface area contributed by atoms with Gasteiger partial charge in [0, 0.05) is 70.7 Å². The predicted octanol–water partition coefficient (Wildman–Crippen LogP) is 6.43. The number of carbonyl (C=O) groups excluding carboxylic acids is 1. The first-order chi connectivity index (χ1) is 17.7. The first-order valence-corrected chi connectivity index (χ1v) is 11.2. The Morgan fingerprint density at radius 2 is 1.76 bits per heavy atom. The van der Waals surface area contributed by atoms with E-state index in [9.17, 15) is 18.0 Å². The molecular formula is C28H22F3N5O. The van der Waals surface area contributed by atoms with Crippen molar-refractivity contribution in [3.05, 3.63) is 114 Å². The number of nitrogens with zero attached hydrogens (tertiary/aromatic N) is 3. The van der Waals surface area contributed by atoms with Gasteiger partial charge in [0.1, 0.15) is 0 Å². The Bertz CT molecular complexity index is 1480. The van der Waals surface area contributed by atoms with Gasteiger partial charge in [-0.3, -0.25) is 19.8 Å². The second kappa shape index (κ2) is 10.9. The van der Waals surface area contributed by atoms with E-state index in [4.69, 9.17) is 5.73 Å². The average Bonchev–Trinajstić information content (AvgIpc) is 2.91. The molecule has 3 N–H and O–H groups in total. The molecule has 2 aromatic heterocycles. The lowest BCUT2D eigenvalue weighted by Crippen LogP contribution is -2.13. The number of pyridine rings is 2. The van der Waals surface area contributed by atoms with Crippen LogP contribution in [0.5, 0.6) is 0 Å². The number of benzene rings is 2. The number of anilines is 1. The Hall–Kier alpha value is -4.79. The van der Waals surface area contributed by atoms with Gasteiger partial charge >= 0.3 is 6.18 Å². The van der Waals surface area contributed by atoms with Crippen molar-refractivity contribution in [3.63, 3.8) is 0 Å². The van der Waals surface area contributed by atoms with Crippen LogP contribution in [0.3, 0.4) is 0 Å². The molecular weight excluding hydrogens is 479 g/mol. The van der Waals surface area contributed by atoms with Gasteiger partial charge in [-0.2, -0.15) is 13.2 Å². The Labute approximate surface area is 211 Å².